The van der Waals surface area contributed by atoms with Crippen LogP contribution < -0.4 is 0 Å². The van der Waals surface area contributed by atoms with Crippen LogP contribution >= 0.6 is 0 Å². The van der Waals surface area contributed by atoms with Crippen LogP contribution in [0.15, 0.2) is 72.8 Å². The SMILES string of the molecule is CC([SiH2]C(c1ccccc1)c1ccccc1)c1cc(C(C)(C)C)c(O)c(C(C)(C)C)c1. The van der Waals surface area contributed by atoms with Gasteiger partial charge in [-0.3, -0.25) is 0 Å². The standard InChI is InChI=1S/C29H38OSi/c1-20(23-18-24(28(2,3)4)26(30)25(19-23)29(5,6)7)31-27(21-14-10-8-11-15-21)22-16-12-9-13-17-22/h8-20,27,30H,31H2,1-7H3. The van der Waals surface area contributed by atoms with Crippen LogP contribution in [-0.4, -0.2) is 14.6 Å². The number of benzene rings is 3. The van der Waals surface area contributed by atoms with Crippen molar-refractivity contribution in [2.24, 2.45) is 0 Å². The van der Waals surface area contributed by atoms with E-state index in [1.807, 2.05) is 0 Å². The van der Waals surface area contributed by atoms with E-state index in [0.29, 0.717) is 16.8 Å². The molecule has 164 valence electrons. The summed E-state index contributed by atoms with van der Waals surface area (Å²) < 4.78 is 0. The molecule has 3 rings (SSSR count). The molecule has 1 nitrogen and oxygen atoms in total. The van der Waals surface area contributed by atoms with Crippen molar-refractivity contribution in [2.75, 3.05) is 0 Å². The van der Waals surface area contributed by atoms with Crippen molar-refractivity contribution in [3.8, 4) is 5.75 Å². The first-order valence-electron chi connectivity index (χ1n) is 11.5. The van der Waals surface area contributed by atoms with Gasteiger partial charge < -0.3 is 5.11 Å². The van der Waals surface area contributed by atoms with Gasteiger partial charge >= 0.3 is 0 Å². The van der Waals surface area contributed by atoms with Crippen LogP contribution in [0, 0.1) is 0 Å². The van der Waals surface area contributed by atoms with Gasteiger partial charge in [0.15, 0.2) is 0 Å². The van der Waals surface area contributed by atoms with Crippen LogP contribution in [-0.2, 0) is 10.8 Å². The Morgan fingerprint density at radius 1 is 0.645 bits per heavy atom. The Bertz CT molecular complexity index is 920. The minimum atomic E-state index is -0.559. The van der Waals surface area contributed by atoms with Gasteiger partial charge in [-0.25, -0.2) is 0 Å². The fourth-order valence-electron chi connectivity index (χ4n) is 4.41. The Kier molecular flexibility index (Phi) is 6.81. The summed E-state index contributed by atoms with van der Waals surface area (Å²) in [5, 5.41) is 11.1. The monoisotopic (exact) mass is 430 g/mol. The molecule has 2 heteroatoms. The van der Waals surface area contributed by atoms with Gasteiger partial charge in [-0.15, -0.1) is 0 Å². The molecule has 0 aliphatic rings. The van der Waals surface area contributed by atoms with Gasteiger partial charge in [0, 0.05) is 9.52 Å². The maximum absolute atomic E-state index is 11.1. The lowest BCUT2D eigenvalue weighted by Gasteiger charge is -2.30. The van der Waals surface area contributed by atoms with Crippen molar-refractivity contribution in [1.82, 2.24) is 0 Å². The molecule has 0 fully saturated rings. The number of phenolic OH excluding ortho intramolecular Hbond substituents is 1. The first-order valence-corrected chi connectivity index (χ1v) is 13.1. The fourth-order valence-corrected chi connectivity index (χ4v) is 6.71. The zero-order valence-electron chi connectivity index (χ0n) is 20.2. The van der Waals surface area contributed by atoms with E-state index in [0.717, 1.165) is 11.1 Å². The Balaban J connectivity index is 2.05. The van der Waals surface area contributed by atoms with E-state index in [1.54, 1.807) is 0 Å². The highest BCUT2D eigenvalue weighted by Crippen LogP contribution is 2.41. The molecule has 1 unspecified atom stereocenters. The van der Waals surface area contributed by atoms with Gasteiger partial charge in [0.1, 0.15) is 5.75 Å². The Morgan fingerprint density at radius 2 is 1.03 bits per heavy atom. The molecule has 0 spiro atoms. The molecule has 0 aliphatic heterocycles. The van der Waals surface area contributed by atoms with E-state index in [1.165, 1.54) is 16.7 Å². The van der Waals surface area contributed by atoms with Gasteiger partial charge in [0.05, 0.1) is 0 Å². The minimum Gasteiger partial charge on any atom is -0.507 e. The molecule has 1 atom stereocenters. The number of aromatic hydroxyl groups is 1. The van der Waals surface area contributed by atoms with Crippen LogP contribution in [0.3, 0.4) is 0 Å². The molecular weight excluding hydrogens is 392 g/mol. The molecule has 0 aliphatic carbocycles. The minimum absolute atomic E-state index is 0.0976. The predicted octanol–water partition coefficient (Wildman–Crippen LogP) is 7.01. The van der Waals surface area contributed by atoms with Crippen molar-refractivity contribution in [1.29, 1.82) is 0 Å². The number of phenols is 1. The molecule has 0 saturated carbocycles. The van der Waals surface area contributed by atoms with Gasteiger partial charge in [0.2, 0.25) is 0 Å². The van der Waals surface area contributed by atoms with Crippen molar-refractivity contribution in [3.05, 3.63) is 101 Å². The summed E-state index contributed by atoms with van der Waals surface area (Å²) in [7, 11) is -0.559. The largest absolute Gasteiger partial charge is 0.507 e. The second-order valence-corrected chi connectivity index (χ2v) is 13.5. The molecule has 31 heavy (non-hydrogen) atoms. The molecule has 0 aromatic heterocycles. The maximum atomic E-state index is 11.1. The first kappa shape index (κ1) is 23.3. The third kappa shape index (κ3) is 5.49. The van der Waals surface area contributed by atoms with E-state index >= 15 is 0 Å². The van der Waals surface area contributed by atoms with Crippen LogP contribution in [0.4, 0.5) is 0 Å². The van der Waals surface area contributed by atoms with Gasteiger partial charge in [-0.1, -0.05) is 121 Å². The summed E-state index contributed by atoms with van der Waals surface area (Å²) in [6.07, 6.45) is 0. The average Bonchev–Trinajstić information content (AvgIpc) is 2.71. The second kappa shape index (κ2) is 9.04. The van der Waals surface area contributed by atoms with Crippen molar-refractivity contribution in [2.45, 2.75) is 70.4 Å². The van der Waals surface area contributed by atoms with Crippen LogP contribution in [0.1, 0.15) is 87.4 Å². The number of hydrogen-bond donors (Lipinski definition) is 1. The number of hydrogen-bond acceptors (Lipinski definition) is 1. The quantitative estimate of drug-likeness (QED) is 0.432. The second-order valence-electron chi connectivity index (χ2n) is 11.0. The summed E-state index contributed by atoms with van der Waals surface area (Å²) in [4.78, 5) is 0. The van der Waals surface area contributed by atoms with E-state index in [9.17, 15) is 5.11 Å². The normalized spacial score (nSPS) is 13.8. The highest BCUT2D eigenvalue weighted by molar-refractivity contribution is 6.41. The van der Waals surface area contributed by atoms with Crippen LogP contribution in [0.2, 0.25) is 0 Å². The molecule has 0 saturated heterocycles. The third-order valence-corrected chi connectivity index (χ3v) is 8.90. The summed E-state index contributed by atoms with van der Waals surface area (Å²) in [5.41, 5.74) is 7.10. The van der Waals surface area contributed by atoms with Crippen molar-refractivity contribution in [3.63, 3.8) is 0 Å². The average molecular weight is 431 g/mol. The third-order valence-electron chi connectivity index (χ3n) is 6.31. The summed E-state index contributed by atoms with van der Waals surface area (Å²) >= 11 is 0. The van der Waals surface area contributed by atoms with Crippen LogP contribution in [0.25, 0.3) is 0 Å². The molecule has 0 bridgehead atoms. The van der Waals surface area contributed by atoms with E-state index < -0.39 is 9.52 Å². The smallest absolute Gasteiger partial charge is 0.123 e. The summed E-state index contributed by atoms with van der Waals surface area (Å²) in [5.74, 6) is 0.472. The molecule has 3 aromatic carbocycles. The molecule has 1 N–H and O–H groups in total. The Hall–Kier alpha value is -2.32. The highest BCUT2D eigenvalue weighted by atomic mass is 28.2. The van der Waals surface area contributed by atoms with E-state index in [-0.39, 0.29) is 10.8 Å². The zero-order chi connectivity index (χ0) is 22.8. The molecular formula is C29H38OSi. The first-order chi connectivity index (χ1) is 14.5. The molecule has 0 amide bonds. The van der Waals surface area contributed by atoms with E-state index in [2.05, 4.69) is 121 Å². The lowest BCUT2D eigenvalue weighted by molar-refractivity contribution is 0.422. The Labute approximate surface area is 191 Å². The topological polar surface area (TPSA) is 20.2 Å². The lowest BCUT2D eigenvalue weighted by atomic mass is 9.78. The zero-order valence-corrected chi connectivity index (χ0v) is 21.7. The summed E-state index contributed by atoms with van der Waals surface area (Å²) in [6.45, 7) is 15.5. The van der Waals surface area contributed by atoms with Gasteiger partial charge in [0.25, 0.3) is 0 Å². The fraction of sp³-hybridized carbons (Fsp3) is 0.379. The maximum Gasteiger partial charge on any atom is 0.123 e. The molecule has 3 aromatic rings. The lowest BCUT2D eigenvalue weighted by Crippen LogP contribution is -2.21. The number of rotatable bonds is 5. The molecule has 0 radical (unpaired) electrons. The highest BCUT2D eigenvalue weighted by Gasteiger charge is 2.28. The van der Waals surface area contributed by atoms with Gasteiger partial charge in [-0.05, 0) is 49.7 Å². The van der Waals surface area contributed by atoms with Crippen molar-refractivity contribution >= 4 is 9.52 Å². The predicted molar refractivity (Wildman–Crippen MR) is 137 cm³/mol. The van der Waals surface area contributed by atoms with E-state index in [4.69, 9.17) is 0 Å². The van der Waals surface area contributed by atoms with Crippen molar-refractivity contribution < 1.29 is 5.11 Å². The van der Waals surface area contributed by atoms with Gasteiger partial charge in [-0.2, -0.15) is 0 Å². The Morgan fingerprint density at radius 3 is 1.39 bits per heavy atom. The van der Waals surface area contributed by atoms with Crippen LogP contribution in [0.5, 0.6) is 5.75 Å². The molecule has 0 heterocycles. The summed E-state index contributed by atoms with van der Waals surface area (Å²) in [6, 6.07) is 26.4.